The number of anilines is 3. The summed E-state index contributed by atoms with van der Waals surface area (Å²) in [7, 11) is 3.08. The Hall–Kier alpha value is -4.08. The van der Waals surface area contributed by atoms with Gasteiger partial charge in [-0.1, -0.05) is 20.8 Å². The number of methoxy groups -OCH3 is 2. The van der Waals surface area contributed by atoms with Crippen molar-refractivity contribution in [3.63, 3.8) is 0 Å². The predicted molar refractivity (Wildman–Crippen MR) is 127 cm³/mol. The average Bonchev–Trinajstić information content (AvgIpc) is 3.26. The fourth-order valence-corrected chi connectivity index (χ4v) is 3.31. The summed E-state index contributed by atoms with van der Waals surface area (Å²) in [5, 5.41) is 3.20. The van der Waals surface area contributed by atoms with Gasteiger partial charge in [0.05, 0.1) is 31.8 Å². The van der Waals surface area contributed by atoms with Crippen molar-refractivity contribution in [2.45, 2.75) is 27.2 Å². The van der Waals surface area contributed by atoms with Crippen molar-refractivity contribution in [3.8, 4) is 11.8 Å². The molecule has 0 spiro atoms. The molecule has 4 rings (SSSR count). The summed E-state index contributed by atoms with van der Waals surface area (Å²) in [6.45, 7) is 6.39. The highest BCUT2D eigenvalue weighted by molar-refractivity contribution is 6.11. The number of allylic oxidation sites excluding steroid dienone is 1. The molecule has 4 heterocycles. The third-order valence-electron chi connectivity index (χ3n) is 5.11. The van der Waals surface area contributed by atoms with Crippen LogP contribution in [0.4, 0.5) is 17.5 Å². The van der Waals surface area contributed by atoms with E-state index in [1.165, 1.54) is 7.11 Å². The van der Waals surface area contributed by atoms with Crippen LogP contribution in [0.3, 0.4) is 0 Å². The van der Waals surface area contributed by atoms with Crippen molar-refractivity contribution in [1.29, 1.82) is 0 Å². The molecule has 0 bridgehead atoms. The number of aromatic nitrogens is 5. The Kier molecular flexibility index (Phi) is 5.91. The molecule has 0 aromatic carbocycles. The molecule has 1 aliphatic rings. The van der Waals surface area contributed by atoms with Gasteiger partial charge in [-0.25, -0.2) is 24.9 Å². The van der Waals surface area contributed by atoms with E-state index in [-0.39, 0.29) is 17.1 Å². The van der Waals surface area contributed by atoms with E-state index < -0.39 is 0 Å². The molecule has 170 valence electrons. The Morgan fingerprint density at radius 3 is 2.48 bits per heavy atom. The van der Waals surface area contributed by atoms with Gasteiger partial charge < -0.3 is 20.5 Å². The predicted octanol–water partition coefficient (Wildman–Crippen LogP) is 3.76. The minimum Gasteiger partial charge on any atom is -0.481 e. The molecule has 3 aromatic heterocycles. The molecule has 0 saturated carbocycles. The minimum atomic E-state index is -0.125. The number of hydrogen-bond acceptors (Lipinski definition) is 10. The quantitative estimate of drug-likeness (QED) is 0.580. The molecule has 3 aromatic rings. The lowest BCUT2D eigenvalue weighted by atomic mass is 9.86. The van der Waals surface area contributed by atoms with Crippen LogP contribution in [0.1, 0.15) is 38.6 Å². The Labute approximate surface area is 192 Å². The average molecular weight is 447 g/mol. The fraction of sp³-hybridized carbons (Fsp3) is 0.304. The maximum atomic E-state index is 5.86. The summed E-state index contributed by atoms with van der Waals surface area (Å²) >= 11 is 0. The normalized spacial score (nSPS) is 13.7. The highest BCUT2D eigenvalue weighted by Gasteiger charge is 2.30. The van der Waals surface area contributed by atoms with Gasteiger partial charge in [-0.15, -0.1) is 0 Å². The molecule has 33 heavy (non-hydrogen) atoms. The van der Waals surface area contributed by atoms with Crippen LogP contribution in [0.5, 0.6) is 11.8 Å². The lowest BCUT2D eigenvalue weighted by molar-refractivity contribution is 0.398. The van der Waals surface area contributed by atoms with E-state index in [1.807, 2.05) is 12.1 Å². The summed E-state index contributed by atoms with van der Waals surface area (Å²) in [6, 6.07) is 5.44. The minimum absolute atomic E-state index is 0.125. The molecular formula is C23H26N8O2. The highest BCUT2D eigenvalue weighted by Crippen LogP contribution is 2.39. The first kappa shape index (κ1) is 22.1. The first-order valence-electron chi connectivity index (χ1n) is 10.4. The van der Waals surface area contributed by atoms with Crippen LogP contribution in [0, 0.1) is 5.41 Å². The van der Waals surface area contributed by atoms with Gasteiger partial charge in [0.1, 0.15) is 5.69 Å². The Bertz CT molecular complexity index is 1250. The molecule has 0 saturated heterocycles. The van der Waals surface area contributed by atoms with Crippen molar-refractivity contribution < 1.29 is 9.47 Å². The summed E-state index contributed by atoms with van der Waals surface area (Å²) in [5.41, 5.74) is 10.5. The van der Waals surface area contributed by atoms with Gasteiger partial charge in [-0.2, -0.15) is 0 Å². The van der Waals surface area contributed by atoms with E-state index in [0.29, 0.717) is 29.6 Å². The number of ether oxygens (including phenoxy) is 2. The van der Waals surface area contributed by atoms with E-state index in [4.69, 9.17) is 25.2 Å². The molecule has 0 atom stereocenters. The first-order valence-corrected chi connectivity index (χ1v) is 10.4. The zero-order chi connectivity index (χ0) is 23.6. The third kappa shape index (κ3) is 4.74. The molecule has 0 amide bonds. The number of nitrogens with two attached hydrogens (primary N) is 1. The molecule has 3 N–H and O–H groups in total. The number of nitrogen functional groups attached to an aromatic ring is 1. The lowest BCUT2D eigenvalue weighted by Crippen LogP contribution is -2.18. The Balaban J connectivity index is 1.75. The zero-order valence-corrected chi connectivity index (χ0v) is 19.2. The molecule has 1 aliphatic heterocycles. The van der Waals surface area contributed by atoms with Crippen molar-refractivity contribution in [1.82, 2.24) is 24.9 Å². The van der Waals surface area contributed by atoms with Crippen molar-refractivity contribution in [2.24, 2.45) is 10.4 Å². The number of aliphatic imine (C=N–C) groups is 1. The molecule has 10 nitrogen and oxygen atoms in total. The fourth-order valence-electron chi connectivity index (χ4n) is 3.31. The summed E-state index contributed by atoms with van der Waals surface area (Å²) < 4.78 is 10.4. The van der Waals surface area contributed by atoms with E-state index in [0.717, 1.165) is 22.7 Å². The second-order valence-corrected chi connectivity index (χ2v) is 8.44. The summed E-state index contributed by atoms with van der Waals surface area (Å²) in [4.78, 5) is 26.9. The van der Waals surface area contributed by atoms with Gasteiger partial charge >= 0.3 is 0 Å². The second-order valence-electron chi connectivity index (χ2n) is 8.44. The lowest BCUT2D eigenvalue weighted by Gasteiger charge is -2.18. The maximum Gasteiger partial charge on any atom is 0.257 e. The smallest absolute Gasteiger partial charge is 0.257 e. The zero-order valence-electron chi connectivity index (χ0n) is 19.2. The SMILES string of the molecule is COc1cc(Nc2nccc(C3=C(c4cnc(N)c(OC)n4)N=C(C(C)(C)C)C3)n2)ccn1. The summed E-state index contributed by atoms with van der Waals surface area (Å²) in [5.74, 6) is 1.42. The highest BCUT2D eigenvalue weighted by atomic mass is 16.5. The van der Waals surface area contributed by atoms with Crippen LogP contribution in [-0.2, 0) is 0 Å². The molecule has 10 heteroatoms. The van der Waals surface area contributed by atoms with Crippen molar-refractivity contribution in [3.05, 3.63) is 48.2 Å². The standard InChI is InChI=1S/C23H26N8O2/c1-23(2,3)17-11-14(19(31-17)16-12-27-20(24)21(29-16)33-5)15-7-9-26-22(30-15)28-13-6-8-25-18(10-13)32-4/h6-10,12H,11H2,1-5H3,(H2,24,27)(H,25,26,28,30). The van der Waals surface area contributed by atoms with E-state index in [1.54, 1.807) is 31.8 Å². The van der Waals surface area contributed by atoms with Crippen LogP contribution in [0.25, 0.3) is 11.3 Å². The molecule has 0 radical (unpaired) electrons. The van der Waals surface area contributed by atoms with Gasteiger partial charge in [-0.3, -0.25) is 4.99 Å². The molecule has 0 unspecified atom stereocenters. The van der Waals surface area contributed by atoms with E-state index in [2.05, 4.69) is 46.0 Å². The Morgan fingerprint density at radius 2 is 1.76 bits per heavy atom. The third-order valence-corrected chi connectivity index (χ3v) is 5.11. The van der Waals surface area contributed by atoms with Crippen LogP contribution in [0.15, 0.2) is 41.8 Å². The molecule has 0 aliphatic carbocycles. The number of hydrogen-bond donors (Lipinski definition) is 2. The number of nitrogens with one attached hydrogen (secondary N) is 1. The van der Waals surface area contributed by atoms with Crippen LogP contribution >= 0.6 is 0 Å². The second kappa shape index (κ2) is 8.81. The van der Waals surface area contributed by atoms with Crippen molar-refractivity contribution in [2.75, 3.05) is 25.3 Å². The first-order chi connectivity index (χ1) is 15.8. The number of nitrogens with zero attached hydrogens (tertiary/aromatic N) is 6. The monoisotopic (exact) mass is 446 g/mol. The largest absolute Gasteiger partial charge is 0.481 e. The van der Waals surface area contributed by atoms with E-state index >= 15 is 0 Å². The van der Waals surface area contributed by atoms with E-state index in [9.17, 15) is 0 Å². The van der Waals surface area contributed by atoms with Gasteiger partial charge in [0.2, 0.25) is 11.8 Å². The van der Waals surface area contributed by atoms with Gasteiger partial charge in [0, 0.05) is 47.3 Å². The van der Waals surface area contributed by atoms with Gasteiger partial charge in [-0.05, 0) is 12.1 Å². The Morgan fingerprint density at radius 1 is 0.970 bits per heavy atom. The maximum absolute atomic E-state index is 5.86. The van der Waals surface area contributed by atoms with Crippen LogP contribution in [-0.4, -0.2) is 44.9 Å². The number of pyridine rings is 1. The van der Waals surface area contributed by atoms with Crippen molar-refractivity contribution >= 4 is 34.4 Å². The number of rotatable bonds is 6. The summed E-state index contributed by atoms with van der Waals surface area (Å²) in [6.07, 6.45) is 5.59. The molecular weight excluding hydrogens is 420 g/mol. The van der Waals surface area contributed by atoms with Crippen LogP contribution < -0.4 is 20.5 Å². The topological polar surface area (TPSA) is 133 Å². The van der Waals surface area contributed by atoms with Crippen LogP contribution in [0.2, 0.25) is 0 Å². The molecule has 0 fully saturated rings. The van der Waals surface area contributed by atoms with Gasteiger partial charge in [0.15, 0.2) is 5.82 Å². The van der Waals surface area contributed by atoms with Gasteiger partial charge in [0.25, 0.3) is 5.88 Å².